The van der Waals surface area contributed by atoms with Crippen molar-refractivity contribution in [2.45, 2.75) is 148 Å². The quantitative estimate of drug-likeness (QED) is 0.0464. The molecule has 3 saturated carbocycles. The van der Waals surface area contributed by atoms with Gasteiger partial charge in [-0.3, -0.25) is 0 Å². The molecule has 1 aliphatic heterocycles. The molecule has 0 N–H and O–H groups in total. The fourth-order valence-corrected chi connectivity index (χ4v) is 13.4. The average Bonchev–Trinajstić information content (AvgIpc) is 3.75. The van der Waals surface area contributed by atoms with Gasteiger partial charge in [0.05, 0.1) is 28.4 Å². The number of esters is 4. The van der Waals surface area contributed by atoms with Crippen LogP contribution >= 0.6 is 0 Å². The van der Waals surface area contributed by atoms with Gasteiger partial charge >= 0.3 is 23.9 Å². The third-order valence-electron chi connectivity index (χ3n) is 17.2. The monoisotopic (exact) mass is 965 g/mol. The van der Waals surface area contributed by atoms with Gasteiger partial charge < -0.3 is 28.4 Å². The zero-order valence-corrected chi connectivity index (χ0v) is 42.2. The normalized spacial score (nSPS) is 30.5. The number of carbonyl (C=O) groups excluding carboxylic acids is 4. The van der Waals surface area contributed by atoms with Crippen molar-refractivity contribution < 1.29 is 47.6 Å². The maximum atomic E-state index is 14.2. The zero-order valence-electron chi connectivity index (χ0n) is 42.2. The van der Waals surface area contributed by atoms with E-state index in [9.17, 15) is 19.2 Å². The first-order valence-electron chi connectivity index (χ1n) is 26.4. The lowest BCUT2D eigenvalue weighted by Crippen LogP contribution is -2.63. The molecule has 10 heteroatoms. The van der Waals surface area contributed by atoms with E-state index >= 15 is 0 Å². The molecule has 5 aliphatic rings. The summed E-state index contributed by atoms with van der Waals surface area (Å²) in [6, 6.07) is 33.9. The van der Waals surface area contributed by atoms with Crippen molar-refractivity contribution in [1.82, 2.24) is 0 Å². The molecule has 4 aromatic rings. The van der Waals surface area contributed by atoms with Crippen molar-refractivity contribution in [1.29, 1.82) is 0 Å². The largest absolute Gasteiger partial charge is 0.459 e. The SMILES string of the molecule is CC(C)CCC[C@@H](C)[C@H]1CCC2=C3CC[C@H]4C[C@@H](O[C@@H]5O[C@H](COC(=O)c6ccccc6)[C@@H](OC(=O)c6ccccc6)[C@H](OC(=O)c6ccccc6)[C@H]5OC(=O)c5ccccc5)CC[C@]4(C)[C@H]3CC[C@@]21C. The van der Waals surface area contributed by atoms with E-state index in [1.807, 2.05) is 0 Å². The predicted molar refractivity (Wildman–Crippen MR) is 270 cm³/mol. The molecule has 4 aromatic carbocycles. The molecule has 12 atom stereocenters. The highest BCUT2D eigenvalue weighted by Crippen LogP contribution is 2.66. The summed E-state index contributed by atoms with van der Waals surface area (Å²) in [4.78, 5) is 56.0. The fraction of sp³-hybridized carbons (Fsp3) is 0.508. The first-order chi connectivity index (χ1) is 34.3. The third kappa shape index (κ3) is 10.9. The minimum atomic E-state index is -1.47. The van der Waals surface area contributed by atoms with Gasteiger partial charge in [0.2, 0.25) is 0 Å². The number of hydrogen-bond acceptors (Lipinski definition) is 10. The lowest BCUT2D eigenvalue weighted by atomic mass is 9.48. The van der Waals surface area contributed by atoms with Crippen LogP contribution in [0.15, 0.2) is 132 Å². The Morgan fingerprint density at radius 1 is 0.606 bits per heavy atom. The maximum Gasteiger partial charge on any atom is 0.338 e. The van der Waals surface area contributed by atoms with Gasteiger partial charge in [0.15, 0.2) is 24.6 Å². The molecule has 0 radical (unpaired) electrons. The molecule has 71 heavy (non-hydrogen) atoms. The molecule has 0 spiro atoms. The third-order valence-corrected chi connectivity index (χ3v) is 17.2. The number of fused-ring (bicyclic) bond motifs is 4. The van der Waals surface area contributed by atoms with E-state index in [1.54, 1.807) is 132 Å². The van der Waals surface area contributed by atoms with Crippen LogP contribution in [0.4, 0.5) is 0 Å². The molecule has 4 fully saturated rings. The molecular weight excluding hydrogens is 893 g/mol. The number of ether oxygens (including phenoxy) is 6. The Morgan fingerprint density at radius 3 is 1.70 bits per heavy atom. The van der Waals surface area contributed by atoms with Crippen molar-refractivity contribution in [3.63, 3.8) is 0 Å². The highest BCUT2D eigenvalue weighted by Gasteiger charge is 2.58. The standard InChI is InChI=1S/C61H72O10/c1-39(2)19-18-20-40(3)48-31-32-49-47-30-29-45-37-46(33-35-60(45,4)50(47)34-36-61(48,49)5)67-59-54(71-58(65)44-27-16-9-17-28-44)53(70-57(64)43-25-14-8-15-26-43)52(69-56(63)42-23-12-7-13-24-42)51(68-59)38-66-55(62)41-21-10-6-11-22-41/h6-17,21-28,39-40,45-46,48,50-54,59H,18-20,29-38H2,1-5H3/t40-,45+,46+,48-,50+,51-,52-,53+,54-,59-,60+,61-/m1/s1. The first kappa shape index (κ1) is 50.4. The van der Waals surface area contributed by atoms with Crippen LogP contribution in [-0.4, -0.2) is 67.3 Å². The average molecular weight is 965 g/mol. The lowest BCUT2D eigenvalue weighted by molar-refractivity contribution is -0.313. The molecule has 9 rings (SSSR count). The Kier molecular flexibility index (Phi) is 15.6. The zero-order chi connectivity index (χ0) is 49.7. The second kappa shape index (κ2) is 22.0. The van der Waals surface area contributed by atoms with Gasteiger partial charge in [-0.15, -0.1) is 0 Å². The summed E-state index contributed by atoms with van der Waals surface area (Å²) in [5, 5.41) is 0. The number of hydrogen-bond donors (Lipinski definition) is 0. The minimum Gasteiger partial charge on any atom is -0.459 e. The lowest BCUT2D eigenvalue weighted by Gasteiger charge is -2.57. The van der Waals surface area contributed by atoms with Crippen LogP contribution in [0.3, 0.4) is 0 Å². The van der Waals surface area contributed by atoms with E-state index in [1.165, 1.54) is 44.9 Å². The smallest absolute Gasteiger partial charge is 0.338 e. The summed E-state index contributed by atoms with van der Waals surface area (Å²) in [5.41, 5.74) is 4.97. The van der Waals surface area contributed by atoms with Gasteiger partial charge in [0, 0.05) is 0 Å². The van der Waals surface area contributed by atoms with Crippen molar-refractivity contribution in [2.75, 3.05) is 6.61 Å². The van der Waals surface area contributed by atoms with Crippen LogP contribution in [0.25, 0.3) is 0 Å². The Balaban J connectivity index is 1.01. The van der Waals surface area contributed by atoms with Crippen LogP contribution in [0, 0.1) is 40.4 Å². The summed E-state index contributed by atoms with van der Waals surface area (Å²) in [7, 11) is 0. The Labute approximate surface area is 420 Å². The van der Waals surface area contributed by atoms with Crippen LogP contribution in [0.2, 0.25) is 0 Å². The van der Waals surface area contributed by atoms with E-state index in [4.69, 9.17) is 28.4 Å². The molecule has 0 bridgehead atoms. The number of benzene rings is 4. The van der Waals surface area contributed by atoms with Gasteiger partial charge in [-0.1, -0.05) is 138 Å². The van der Waals surface area contributed by atoms with E-state index in [0.29, 0.717) is 17.4 Å². The summed E-state index contributed by atoms with van der Waals surface area (Å²) in [5.74, 6) is 0.339. The minimum absolute atomic E-state index is 0.105. The van der Waals surface area contributed by atoms with Crippen LogP contribution < -0.4 is 0 Å². The van der Waals surface area contributed by atoms with Gasteiger partial charge in [-0.25, -0.2) is 19.2 Å². The highest BCUT2D eigenvalue weighted by atomic mass is 16.7. The van der Waals surface area contributed by atoms with Crippen molar-refractivity contribution in [2.24, 2.45) is 40.4 Å². The Bertz CT molecular complexity index is 2490. The topological polar surface area (TPSA) is 124 Å². The molecule has 0 aromatic heterocycles. The first-order valence-corrected chi connectivity index (χ1v) is 26.4. The van der Waals surface area contributed by atoms with E-state index in [2.05, 4.69) is 34.6 Å². The summed E-state index contributed by atoms with van der Waals surface area (Å²) >= 11 is 0. The molecule has 376 valence electrons. The molecule has 1 saturated heterocycles. The van der Waals surface area contributed by atoms with Gasteiger partial charge in [0.1, 0.15) is 12.7 Å². The Morgan fingerprint density at radius 2 is 1.14 bits per heavy atom. The number of allylic oxidation sites excluding steroid dienone is 2. The Hall–Kier alpha value is -5.58. The molecular formula is C61H72O10. The summed E-state index contributed by atoms with van der Waals surface area (Å²) < 4.78 is 38.8. The highest BCUT2D eigenvalue weighted by molar-refractivity contribution is 5.91. The second-order valence-corrected chi connectivity index (χ2v) is 21.9. The van der Waals surface area contributed by atoms with Gasteiger partial charge in [0.25, 0.3) is 0 Å². The van der Waals surface area contributed by atoms with Crippen LogP contribution in [0.5, 0.6) is 0 Å². The number of carbonyl (C=O) groups is 4. The fourth-order valence-electron chi connectivity index (χ4n) is 13.4. The van der Waals surface area contributed by atoms with Crippen molar-refractivity contribution in [3.8, 4) is 0 Å². The molecule has 0 amide bonds. The molecule has 1 heterocycles. The van der Waals surface area contributed by atoms with E-state index < -0.39 is 61.2 Å². The maximum absolute atomic E-state index is 14.2. The summed E-state index contributed by atoms with van der Waals surface area (Å²) in [6.45, 7) is 11.9. The van der Waals surface area contributed by atoms with Gasteiger partial charge in [-0.05, 0) is 147 Å². The van der Waals surface area contributed by atoms with E-state index in [-0.39, 0.29) is 33.6 Å². The summed E-state index contributed by atoms with van der Waals surface area (Å²) in [6.07, 6.45) is 6.44. The molecule has 10 nitrogen and oxygen atoms in total. The van der Waals surface area contributed by atoms with Gasteiger partial charge in [-0.2, -0.15) is 0 Å². The van der Waals surface area contributed by atoms with Crippen molar-refractivity contribution in [3.05, 3.63) is 155 Å². The van der Waals surface area contributed by atoms with E-state index in [0.717, 1.165) is 49.9 Å². The second-order valence-electron chi connectivity index (χ2n) is 21.9. The predicted octanol–water partition coefficient (Wildman–Crippen LogP) is 12.8. The van der Waals surface area contributed by atoms with Crippen LogP contribution in [-0.2, 0) is 28.4 Å². The molecule has 0 unspecified atom stereocenters. The number of rotatable bonds is 16. The van der Waals surface area contributed by atoms with Crippen LogP contribution in [0.1, 0.15) is 153 Å². The molecule has 4 aliphatic carbocycles. The van der Waals surface area contributed by atoms with Crippen molar-refractivity contribution >= 4 is 23.9 Å².